The fourth-order valence-electron chi connectivity index (χ4n) is 4.19. The van der Waals surface area contributed by atoms with Gasteiger partial charge in [0.2, 0.25) is 0 Å². The number of allylic oxidation sites excluding steroid dienone is 1. The molecule has 1 aliphatic heterocycles. The maximum atomic E-state index is 13.8. The molecule has 1 atom stereocenters. The van der Waals surface area contributed by atoms with E-state index in [1.807, 2.05) is 0 Å². The summed E-state index contributed by atoms with van der Waals surface area (Å²) in [6.07, 6.45) is 1.35. The van der Waals surface area contributed by atoms with Gasteiger partial charge in [-0.25, -0.2) is 14.6 Å². The highest BCUT2D eigenvalue weighted by Crippen LogP contribution is 2.31. The Morgan fingerprint density at radius 1 is 1.03 bits per heavy atom. The number of rotatable bonds is 7. The molecule has 2 aromatic carbocycles. The topological polar surface area (TPSA) is 105 Å². The molecule has 1 aliphatic rings. The van der Waals surface area contributed by atoms with Crippen LogP contribution < -0.4 is 24.4 Å². The molecule has 0 bridgehead atoms. The van der Waals surface area contributed by atoms with Crippen molar-refractivity contribution in [3.63, 3.8) is 0 Å². The van der Waals surface area contributed by atoms with Crippen molar-refractivity contribution in [2.24, 2.45) is 4.99 Å². The van der Waals surface area contributed by atoms with Gasteiger partial charge in [0.25, 0.3) is 5.56 Å². The quantitative estimate of drug-likeness (QED) is 0.428. The van der Waals surface area contributed by atoms with Crippen LogP contribution in [0.25, 0.3) is 6.08 Å². The Balaban J connectivity index is 1.94. The molecule has 9 nitrogen and oxygen atoms in total. The van der Waals surface area contributed by atoms with E-state index in [2.05, 4.69) is 4.99 Å². The summed E-state index contributed by atoms with van der Waals surface area (Å²) in [5.74, 6) is 0.137. The van der Waals surface area contributed by atoms with Gasteiger partial charge in [0, 0.05) is 5.56 Å². The van der Waals surface area contributed by atoms with Crippen LogP contribution in [-0.2, 0) is 14.3 Å². The van der Waals surface area contributed by atoms with Crippen LogP contribution in [0.15, 0.2) is 63.5 Å². The second-order valence-electron chi connectivity index (χ2n) is 8.76. The minimum atomic E-state index is -0.807. The van der Waals surface area contributed by atoms with Crippen molar-refractivity contribution >= 4 is 29.4 Å². The van der Waals surface area contributed by atoms with Crippen LogP contribution in [0.5, 0.6) is 11.5 Å². The fraction of sp³-hybridized carbons (Fsp3) is 0.286. The zero-order valence-electron chi connectivity index (χ0n) is 21.9. The van der Waals surface area contributed by atoms with Crippen LogP contribution in [-0.4, -0.2) is 43.9 Å². The Labute approximate surface area is 223 Å². The lowest BCUT2D eigenvalue weighted by atomic mass is 9.95. The second kappa shape index (κ2) is 11.1. The fourth-order valence-corrected chi connectivity index (χ4v) is 5.23. The maximum absolute atomic E-state index is 13.8. The molecular weight excluding hydrogens is 508 g/mol. The molecule has 0 radical (unpaired) electrons. The first-order chi connectivity index (χ1) is 18.2. The Hall–Kier alpha value is -4.18. The monoisotopic (exact) mass is 536 g/mol. The lowest BCUT2D eigenvalue weighted by Crippen LogP contribution is -2.40. The number of esters is 2. The first kappa shape index (κ1) is 26.9. The number of fused-ring (bicyclic) bond motifs is 1. The first-order valence-corrected chi connectivity index (χ1v) is 12.6. The molecule has 2 heterocycles. The molecule has 1 aromatic heterocycles. The third-order valence-corrected chi connectivity index (χ3v) is 6.94. The number of benzene rings is 2. The number of methoxy groups -OCH3 is 3. The van der Waals surface area contributed by atoms with E-state index in [1.54, 1.807) is 83.5 Å². The summed E-state index contributed by atoms with van der Waals surface area (Å²) in [4.78, 5) is 44.1. The summed E-state index contributed by atoms with van der Waals surface area (Å²) in [5.41, 5.74) is 2.00. The standard InChI is InChI=1S/C28H28N2O7S/c1-15(2)37-27(33)23-16(3)29-28-30(24(23)17-7-9-18(10-8-17)26(32)36-6)25(31)22(38-28)14-19-13-20(34-4)11-12-21(19)35-5/h7-15,24H,1-6H3. The molecule has 0 N–H and O–H groups in total. The summed E-state index contributed by atoms with van der Waals surface area (Å²) < 4.78 is 23.0. The van der Waals surface area contributed by atoms with Crippen LogP contribution in [0.4, 0.5) is 0 Å². The Morgan fingerprint density at radius 3 is 2.34 bits per heavy atom. The largest absolute Gasteiger partial charge is 0.497 e. The summed E-state index contributed by atoms with van der Waals surface area (Å²) in [6.45, 7) is 5.23. The number of hydrogen-bond donors (Lipinski definition) is 0. The van der Waals surface area contributed by atoms with Gasteiger partial charge >= 0.3 is 11.9 Å². The average molecular weight is 537 g/mol. The zero-order valence-corrected chi connectivity index (χ0v) is 22.8. The van der Waals surface area contributed by atoms with E-state index in [0.717, 1.165) is 0 Å². The summed E-state index contributed by atoms with van der Waals surface area (Å²) >= 11 is 1.20. The Kier molecular flexibility index (Phi) is 7.82. The molecule has 1 unspecified atom stereocenters. The minimum absolute atomic E-state index is 0.252. The van der Waals surface area contributed by atoms with Crippen molar-refractivity contribution in [3.8, 4) is 11.5 Å². The van der Waals surface area contributed by atoms with E-state index in [4.69, 9.17) is 18.9 Å². The predicted molar refractivity (Wildman–Crippen MR) is 142 cm³/mol. The van der Waals surface area contributed by atoms with Crippen molar-refractivity contribution < 1.29 is 28.5 Å². The lowest BCUT2D eigenvalue weighted by molar-refractivity contribution is -0.143. The van der Waals surface area contributed by atoms with Crippen LogP contribution in [0.3, 0.4) is 0 Å². The lowest BCUT2D eigenvalue weighted by Gasteiger charge is -2.25. The number of carbonyl (C=O) groups excluding carboxylic acids is 2. The van der Waals surface area contributed by atoms with E-state index in [1.165, 1.54) is 23.0 Å². The van der Waals surface area contributed by atoms with E-state index < -0.39 is 18.0 Å². The van der Waals surface area contributed by atoms with Gasteiger partial charge in [-0.3, -0.25) is 9.36 Å². The molecule has 4 rings (SSSR count). The summed E-state index contributed by atoms with van der Waals surface area (Å²) in [6, 6.07) is 11.1. The zero-order chi connectivity index (χ0) is 27.6. The Bertz CT molecular complexity index is 1600. The van der Waals surface area contributed by atoms with Crippen molar-refractivity contribution in [1.29, 1.82) is 0 Å². The van der Waals surface area contributed by atoms with E-state index in [9.17, 15) is 14.4 Å². The van der Waals surface area contributed by atoms with Crippen LogP contribution in [0.2, 0.25) is 0 Å². The number of carbonyl (C=O) groups is 2. The number of thiazole rings is 1. The van der Waals surface area contributed by atoms with Crippen LogP contribution in [0.1, 0.15) is 48.3 Å². The summed E-state index contributed by atoms with van der Waals surface area (Å²) in [7, 11) is 4.41. The van der Waals surface area contributed by atoms with Crippen LogP contribution >= 0.6 is 11.3 Å². The van der Waals surface area contributed by atoms with Crippen molar-refractivity contribution in [3.05, 3.63) is 90.1 Å². The predicted octanol–water partition coefficient (Wildman–Crippen LogP) is 2.99. The normalized spacial score (nSPS) is 15.1. The molecule has 0 saturated carbocycles. The van der Waals surface area contributed by atoms with Gasteiger partial charge in [-0.05, 0) is 62.7 Å². The molecule has 0 amide bonds. The van der Waals surface area contributed by atoms with Crippen LogP contribution in [0, 0.1) is 0 Å². The molecule has 198 valence electrons. The second-order valence-corrected chi connectivity index (χ2v) is 9.77. The highest BCUT2D eigenvalue weighted by molar-refractivity contribution is 7.07. The first-order valence-electron chi connectivity index (χ1n) is 11.8. The maximum Gasteiger partial charge on any atom is 0.338 e. The van der Waals surface area contributed by atoms with E-state index >= 15 is 0 Å². The highest BCUT2D eigenvalue weighted by Gasteiger charge is 2.34. The molecule has 38 heavy (non-hydrogen) atoms. The molecule has 0 saturated heterocycles. The van der Waals surface area contributed by atoms with Gasteiger partial charge in [0.1, 0.15) is 11.5 Å². The highest BCUT2D eigenvalue weighted by atomic mass is 32.1. The number of hydrogen-bond acceptors (Lipinski definition) is 9. The smallest absolute Gasteiger partial charge is 0.338 e. The van der Waals surface area contributed by atoms with Crippen molar-refractivity contribution in [2.75, 3.05) is 21.3 Å². The molecule has 0 aliphatic carbocycles. The van der Waals surface area contributed by atoms with Gasteiger partial charge in [0.15, 0.2) is 4.80 Å². The molecular formula is C28H28N2O7S. The number of nitrogens with zero attached hydrogens (tertiary/aromatic N) is 2. The molecule has 3 aromatic rings. The van der Waals surface area contributed by atoms with Gasteiger partial charge < -0.3 is 18.9 Å². The van der Waals surface area contributed by atoms with E-state index in [0.29, 0.717) is 43.2 Å². The van der Waals surface area contributed by atoms with Gasteiger partial charge in [-0.2, -0.15) is 0 Å². The molecule has 10 heteroatoms. The van der Waals surface area contributed by atoms with Gasteiger partial charge in [-0.1, -0.05) is 23.5 Å². The van der Waals surface area contributed by atoms with Gasteiger partial charge in [0.05, 0.1) is 54.8 Å². The Morgan fingerprint density at radius 2 is 1.74 bits per heavy atom. The SMILES string of the molecule is COC(=O)c1ccc(C2C(C(=O)OC(C)C)=C(C)N=c3sc(=Cc4cc(OC)ccc4OC)c(=O)n32)cc1. The van der Waals surface area contributed by atoms with Crippen molar-refractivity contribution in [2.45, 2.75) is 32.9 Å². The third-order valence-electron chi connectivity index (χ3n) is 5.96. The van der Waals surface area contributed by atoms with E-state index in [-0.39, 0.29) is 17.2 Å². The van der Waals surface area contributed by atoms with Crippen molar-refractivity contribution in [1.82, 2.24) is 4.57 Å². The molecule has 0 spiro atoms. The third kappa shape index (κ3) is 5.12. The van der Waals surface area contributed by atoms with Gasteiger partial charge in [-0.15, -0.1) is 0 Å². The number of ether oxygens (including phenoxy) is 4. The average Bonchev–Trinajstić information content (AvgIpc) is 3.20. The number of aromatic nitrogens is 1. The summed E-state index contributed by atoms with van der Waals surface area (Å²) in [5, 5.41) is 0. The minimum Gasteiger partial charge on any atom is -0.497 e. The molecule has 0 fully saturated rings.